The van der Waals surface area contributed by atoms with Gasteiger partial charge in [-0.05, 0) is 41.6 Å². The van der Waals surface area contributed by atoms with E-state index in [1.807, 2.05) is 48.5 Å². The van der Waals surface area contributed by atoms with E-state index >= 15 is 0 Å². The van der Waals surface area contributed by atoms with Crippen molar-refractivity contribution >= 4 is 16.9 Å². The number of nitrogens with one attached hydrogen (secondary N) is 1. The van der Waals surface area contributed by atoms with E-state index in [1.165, 1.54) is 6.33 Å². The van der Waals surface area contributed by atoms with Gasteiger partial charge < -0.3 is 10.5 Å². The van der Waals surface area contributed by atoms with E-state index in [1.54, 1.807) is 10.9 Å². The van der Waals surface area contributed by atoms with Crippen LogP contribution in [0.1, 0.15) is 0 Å². The Morgan fingerprint density at radius 3 is 2.68 bits per heavy atom. The molecular weight excluding hydrogens is 358 g/mol. The molecule has 0 atom stereocenters. The lowest BCUT2D eigenvalue weighted by atomic mass is 10.2. The van der Waals surface area contributed by atoms with E-state index in [0.717, 1.165) is 11.3 Å². The van der Waals surface area contributed by atoms with Crippen LogP contribution in [0.3, 0.4) is 0 Å². The Balaban J connectivity index is 1.46. The maximum atomic E-state index is 6.02. The Hall–Kier alpha value is -4.34. The van der Waals surface area contributed by atoms with Gasteiger partial charge in [-0.1, -0.05) is 12.1 Å². The molecule has 0 unspecified atom stereocenters. The van der Waals surface area contributed by atoms with Gasteiger partial charge in [0, 0.05) is 0 Å². The third kappa shape index (κ3) is 2.69. The van der Waals surface area contributed by atoms with E-state index < -0.39 is 0 Å². The van der Waals surface area contributed by atoms with Crippen molar-refractivity contribution in [2.24, 2.45) is 0 Å². The smallest absolute Gasteiger partial charge is 0.208 e. The second-order valence-corrected chi connectivity index (χ2v) is 5.88. The fraction of sp³-hybridized carbons (Fsp3) is 0. The first-order chi connectivity index (χ1) is 13.8. The Kier molecular flexibility index (Phi) is 3.65. The number of ether oxygens (including phenoxy) is 1. The second-order valence-electron chi connectivity index (χ2n) is 5.88. The van der Waals surface area contributed by atoms with Crippen molar-refractivity contribution in [2.75, 3.05) is 5.73 Å². The molecule has 0 fully saturated rings. The van der Waals surface area contributed by atoms with Gasteiger partial charge in [0.2, 0.25) is 5.82 Å². The number of benzene rings is 2. The number of aromatic nitrogens is 8. The quantitative estimate of drug-likeness (QED) is 0.492. The third-order valence-corrected chi connectivity index (χ3v) is 4.18. The van der Waals surface area contributed by atoms with Crippen LogP contribution >= 0.6 is 0 Å². The molecule has 136 valence electrons. The summed E-state index contributed by atoms with van der Waals surface area (Å²) in [5.41, 5.74) is 8.08. The summed E-state index contributed by atoms with van der Waals surface area (Å²) in [5, 5.41) is 19.1. The number of hydrogen-bond donors (Lipinski definition) is 2. The normalized spacial score (nSPS) is 11.0. The lowest BCUT2D eigenvalue weighted by molar-refractivity contribution is 0.484. The molecule has 5 rings (SSSR count). The highest BCUT2D eigenvalue weighted by atomic mass is 16.5. The first-order valence-corrected chi connectivity index (χ1v) is 8.35. The molecule has 0 aliphatic rings. The molecule has 3 heterocycles. The van der Waals surface area contributed by atoms with Crippen molar-refractivity contribution in [1.29, 1.82) is 0 Å². The van der Waals surface area contributed by atoms with Crippen molar-refractivity contribution in [1.82, 2.24) is 40.4 Å². The minimum Gasteiger partial charge on any atom is -0.457 e. The Bertz CT molecular complexity index is 1250. The number of anilines is 1. The monoisotopic (exact) mass is 371 g/mol. The summed E-state index contributed by atoms with van der Waals surface area (Å²) in [4.78, 5) is 8.24. The van der Waals surface area contributed by atoms with Gasteiger partial charge in [-0.25, -0.2) is 14.6 Å². The first kappa shape index (κ1) is 15.9. The van der Waals surface area contributed by atoms with Crippen LogP contribution < -0.4 is 10.5 Å². The second kappa shape index (κ2) is 6.43. The number of H-pyrrole nitrogens is 1. The van der Waals surface area contributed by atoms with Crippen molar-refractivity contribution < 1.29 is 4.74 Å². The Morgan fingerprint density at radius 1 is 1.00 bits per heavy atom. The number of tetrazole rings is 1. The molecule has 0 spiro atoms. The molecule has 28 heavy (non-hydrogen) atoms. The number of nitrogen functional groups attached to an aromatic ring is 1. The molecule has 0 amide bonds. The topological polar surface area (TPSA) is 133 Å². The fourth-order valence-electron chi connectivity index (χ4n) is 2.85. The highest BCUT2D eigenvalue weighted by Gasteiger charge is 2.12. The highest BCUT2D eigenvalue weighted by Crippen LogP contribution is 2.31. The number of fused-ring (bicyclic) bond motifs is 1. The number of nitrogens with two attached hydrogens (primary N) is 1. The fourth-order valence-corrected chi connectivity index (χ4v) is 2.85. The zero-order chi connectivity index (χ0) is 18.9. The number of rotatable bonds is 4. The molecule has 0 bridgehead atoms. The molecule has 0 radical (unpaired) electrons. The Morgan fingerprint density at radius 2 is 1.86 bits per heavy atom. The first-order valence-electron chi connectivity index (χ1n) is 8.35. The van der Waals surface area contributed by atoms with Gasteiger partial charge >= 0.3 is 0 Å². The molecule has 2 aromatic carbocycles. The van der Waals surface area contributed by atoms with E-state index in [0.29, 0.717) is 34.2 Å². The lowest BCUT2D eigenvalue weighted by Crippen LogP contribution is -1.99. The zero-order valence-electron chi connectivity index (χ0n) is 14.4. The lowest BCUT2D eigenvalue weighted by Gasteiger charge is -2.10. The Labute approximate surface area is 158 Å². The van der Waals surface area contributed by atoms with Crippen molar-refractivity contribution in [3.05, 3.63) is 61.1 Å². The molecule has 0 saturated heterocycles. The van der Waals surface area contributed by atoms with Crippen LogP contribution in [0.4, 0.5) is 5.82 Å². The van der Waals surface area contributed by atoms with Crippen LogP contribution in [0.15, 0.2) is 61.1 Å². The molecule has 10 heteroatoms. The van der Waals surface area contributed by atoms with Crippen molar-refractivity contribution in [3.63, 3.8) is 0 Å². The maximum Gasteiger partial charge on any atom is 0.208 e. The molecule has 3 N–H and O–H groups in total. The zero-order valence-corrected chi connectivity index (χ0v) is 14.4. The van der Waals surface area contributed by atoms with Crippen molar-refractivity contribution in [3.8, 4) is 28.6 Å². The average Bonchev–Trinajstić information content (AvgIpc) is 3.40. The average molecular weight is 371 g/mol. The SMILES string of the molecule is Nc1ncnc2c1cnn2-c1ccc(Oc2ccccc2-c2nn[nH]n2)cc1. The van der Waals surface area contributed by atoms with Crippen LogP contribution in [0.25, 0.3) is 28.1 Å². The summed E-state index contributed by atoms with van der Waals surface area (Å²) in [6.45, 7) is 0. The van der Waals surface area contributed by atoms with Gasteiger partial charge in [-0.3, -0.25) is 0 Å². The molecule has 0 aliphatic carbocycles. The van der Waals surface area contributed by atoms with E-state index in [9.17, 15) is 0 Å². The summed E-state index contributed by atoms with van der Waals surface area (Å²) in [5.74, 6) is 2.15. The van der Waals surface area contributed by atoms with Crippen molar-refractivity contribution in [2.45, 2.75) is 0 Å². The predicted molar refractivity (Wildman–Crippen MR) is 101 cm³/mol. The molecule has 5 aromatic rings. The summed E-state index contributed by atoms with van der Waals surface area (Å²) in [6.07, 6.45) is 3.07. The van der Waals surface area contributed by atoms with Gasteiger partial charge in [-0.15, -0.1) is 10.2 Å². The number of hydrogen-bond acceptors (Lipinski definition) is 8. The molecule has 0 saturated carbocycles. The molecule has 3 aromatic heterocycles. The molecule has 0 aliphatic heterocycles. The maximum absolute atomic E-state index is 6.02. The van der Waals surface area contributed by atoms with Crippen LogP contribution in [0, 0.1) is 0 Å². The van der Waals surface area contributed by atoms with E-state index in [4.69, 9.17) is 10.5 Å². The highest BCUT2D eigenvalue weighted by molar-refractivity contribution is 5.85. The van der Waals surface area contributed by atoms with Crippen LogP contribution in [-0.4, -0.2) is 40.4 Å². The third-order valence-electron chi connectivity index (χ3n) is 4.18. The number of para-hydroxylation sites is 1. The standard InChI is InChI=1S/C18H13N9O/c19-16-14-9-22-27(18(14)21-10-20-16)11-5-7-12(8-6-11)28-15-4-2-1-3-13(15)17-23-25-26-24-17/h1-10H,(H2,19,20,21)(H,23,24,25,26). The van der Waals surface area contributed by atoms with Crippen LogP contribution in [0.2, 0.25) is 0 Å². The van der Waals surface area contributed by atoms with Gasteiger partial charge in [0.05, 0.1) is 22.8 Å². The van der Waals surface area contributed by atoms with Crippen LogP contribution in [0.5, 0.6) is 11.5 Å². The summed E-state index contributed by atoms with van der Waals surface area (Å²) in [6, 6.07) is 15.0. The van der Waals surface area contributed by atoms with E-state index in [-0.39, 0.29) is 0 Å². The predicted octanol–water partition coefficient (Wildman–Crippen LogP) is 2.37. The largest absolute Gasteiger partial charge is 0.457 e. The summed E-state index contributed by atoms with van der Waals surface area (Å²) < 4.78 is 7.71. The minimum atomic E-state index is 0.397. The van der Waals surface area contributed by atoms with E-state index in [2.05, 4.69) is 35.7 Å². The molecule has 10 nitrogen and oxygen atoms in total. The summed E-state index contributed by atoms with van der Waals surface area (Å²) in [7, 11) is 0. The number of nitrogens with zero attached hydrogens (tertiary/aromatic N) is 7. The van der Waals surface area contributed by atoms with Gasteiger partial charge in [0.1, 0.15) is 23.6 Å². The number of aromatic amines is 1. The van der Waals surface area contributed by atoms with Gasteiger partial charge in [0.15, 0.2) is 5.65 Å². The van der Waals surface area contributed by atoms with Gasteiger partial charge in [-0.2, -0.15) is 10.3 Å². The van der Waals surface area contributed by atoms with Gasteiger partial charge in [0.25, 0.3) is 0 Å². The van der Waals surface area contributed by atoms with Crippen LogP contribution in [-0.2, 0) is 0 Å². The molecular formula is C18H13N9O. The summed E-state index contributed by atoms with van der Waals surface area (Å²) >= 11 is 0. The minimum absolute atomic E-state index is 0.397.